The maximum Gasteiger partial charge on any atom is 0.221 e. The van der Waals surface area contributed by atoms with E-state index in [-0.39, 0.29) is 15.7 Å². The SMILES string of the molecule is COc1cc(Cc2cnc(N)nc2N)cc(OC)c1OCCCCc1ccc(S(=O)(=O)c2ccc(N(C)C)cc2)cc1. The minimum absolute atomic E-state index is 0.127. The van der Waals surface area contributed by atoms with Crippen molar-refractivity contribution < 1.29 is 22.6 Å². The van der Waals surface area contributed by atoms with Gasteiger partial charge in [-0.15, -0.1) is 0 Å². The summed E-state index contributed by atoms with van der Waals surface area (Å²) in [5.41, 5.74) is 15.2. The number of benzene rings is 3. The van der Waals surface area contributed by atoms with E-state index in [0.29, 0.717) is 36.1 Å². The minimum atomic E-state index is -3.58. The third-order valence-corrected chi connectivity index (χ3v) is 8.62. The van der Waals surface area contributed by atoms with Gasteiger partial charge < -0.3 is 30.6 Å². The Morgan fingerprint density at radius 2 is 1.43 bits per heavy atom. The highest BCUT2D eigenvalue weighted by Crippen LogP contribution is 2.39. The molecule has 10 nitrogen and oxygen atoms in total. The molecule has 0 bridgehead atoms. The summed E-state index contributed by atoms with van der Waals surface area (Å²) in [7, 11) is 3.41. The molecule has 0 saturated heterocycles. The van der Waals surface area contributed by atoms with Crippen LogP contribution in [0.4, 0.5) is 17.5 Å². The molecule has 1 aromatic heterocycles. The van der Waals surface area contributed by atoms with Crippen LogP contribution in [0.2, 0.25) is 0 Å². The molecule has 3 aromatic carbocycles. The summed E-state index contributed by atoms with van der Waals surface area (Å²) < 4.78 is 43.3. The van der Waals surface area contributed by atoms with Crippen LogP contribution in [0.25, 0.3) is 0 Å². The summed E-state index contributed by atoms with van der Waals surface area (Å²) in [6.07, 6.45) is 4.52. The summed E-state index contributed by atoms with van der Waals surface area (Å²) in [6.45, 7) is 0.459. The van der Waals surface area contributed by atoms with E-state index in [0.717, 1.165) is 41.6 Å². The van der Waals surface area contributed by atoms with Gasteiger partial charge >= 0.3 is 0 Å². The lowest BCUT2D eigenvalue weighted by Gasteiger charge is -2.16. The third-order valence-electron chi connectivity index (χ3n) is 6.83. The predicted molar refractivity (Wildman–Crippen MR) is 164 cm³/mol. The van der Waals surface area contributed by atoms with Crippen molar-refractivity contribution in [2.45, 2.75) is 35.5 Å². The first-order valence-corrected chi connectivity index (χ1v) is 15.0. The number of hydrogen-bond acceptors (Lipinski definition) is 10. The van der Waals surface area contributed by atoms with Crippen LogP contribution in [0.15, 0.2) is 76.7 Å². The quantitative estimate of drug-likeness (QED) is 0.213. The molecule has 0 aliphatic heterocycles. The van der Waals surface area contributed by atoms with Crippen LogP contribution in [0.1, 0.15) is 29.5 Å². The maximum atomic E-state index is 13.0. The van der Waals surface area contributed by atoms with Crippen LogP contribution in [0.3, 0.4) is 0 Å². The number of aromatic nitrogens is 2. The smallest absolute Gasteiger partial charge is 0.221 e. The normalized spacial score (nSPS) is 11.2. The van der Waals surface area contributed by atoms with Gasteiger partial charge in [0.1, 0.15) is 5.82 Å². The minimum Gasteiger partial charge on any atom is -0.493 e. The standard InChI is InChI=1S/C31H37N5O5S/c1-36(2)24-10-14-26(15-11-24)42(37,38)25-12-8-21(9-13-25)7-5-6-16-41-29-27(39-3)18-22(19-28(29)40-4)17-23-20-34-31(33)35-30(23)32/h8-15,18-20H,5-7,16-17H2,1-4H3,(H4,32,33,34,35). The van der Waals surface area contributed by atoms with Gasteiger partial charge in [0.15, 0.2) is 11.5 Å². The Kier molecular flexibility index (Phi) is 9.74. The second-order valence-electron chi connectivity index (χ2n) is 9.99. The first-order chi connectivity index (χ1) is 20.1. The Bertz CT molecular complexity index is 1580. The molecular formula is C31H37N5O5S. The fourth-order valence-corrected chi connectivity index (χ4v) is 5.73. The van der Waals surface area contributed by atoms with E-state index in [2.05, 4.69) is 9.97 Å². The maximum absolute atomic E-state index is 13.0. The van der Waals surface area contributed by atoms with Crippen molar-refractivity contribution in [2.24, 2.45) is 0 Å². The van der Waals surface area contributed by atoms with E-state index < -0.39 is 9.84 Å². The number of anilines is 3. The van der Waals surface area contributed by atoms with Crippen LogP contribution < -0.4 is 30.6 Å². The molecule has 0 aliphatic carbocycles. The Labute approximate surface area is 247 Å². The zero-order valence-corrected chi connectivity index (χ0v) is 25.1. The van der Waals surface area contributed by atoms with Crippen molar-refractivity contribution in [3.63, 3.8) is 0 Å². The number of nitrogens with zero attached hydrogens (tertiary/aromatic N) is 3. The topological polar surface area (TPSA) is 143 Å². The predicted octanol–water partition coefficient (Wildman–Crippen LogP) is 4.55. The van der Waals surface area contributed by atoms with E-state index in [1.807, 2.05) is 43.3 Å². The number of ether oxygens (including phenoxy) is 3. The average Bonchev–Trinajstić information content (AvgIpc) is 2.98. The lowest BCUT2D eigenvalue weighted by atomic mass is 10.1. The molecular weight excluding hydrogens is 554 g/mol. The fraction of sp³-hybridized carbons (Fsp3) is 0.290. The molecule has 4 rings (SSSR count). The summed E-state index contributed by atoms with van der Waals surface area (Å²) in [5, 5.41) is 0. The van der Waals surface area contributed by atoms with Gasteiger partial charge in [-0.3, -0.25) is 0 Å². The fourth-order valence-electron chi connectivity index (χ4n) is 4.47. The number of aryl methyl sites for hydroxylation is 1. The third kappa shape index (κ3) is 7.22. The number of sulfone groups is 1. The van der Waals surface area contributed by atoms with Crippen LogP contribution >= 0.6 is 0 Å². The molecule has 0 aliphatic rings. The van der Waals surface area contributed by atoms with E-state index in [9.17, 15) is 8.42 Å². The van der Waals surface area contributed by atoms with E-state index >= 15 is 0 Å². The Morgan fingerprint density at radius 3 is 1.98 bits per heavy atom. The van der Waals surface area contributed by atoms with Gasteiger partial charge in [0.25, 0.3) is 0 Å². The molecule has 0 spiro atoms. The highest BCUT2D eigenvalue weighted by atomic mass is 32.2. The molecule has 0 radical (unpaired) electrons. The number of nitrogens with two attached hydrogens (primary N) is 2. The van der Waals surface area contributed by atoms with Crippen molar-refractivity contribution in [3.05, 3.63) is 83.6 Å². The van der Waals surface area contributed by atoms with Gasteiger partial charge in [-0.1, -0.05) is 12.1 Å². The molecule has 42 heavy (non-hydrogen) atoms. The second-order valence-corrected chi connectivity index (χ2v) is 11.9. The lowest BCUT2D eigenvalue weighted by molar-refractivity contribution is 0.268. The van der Waals surface area contributed by atoms with Crippen LogP contribution in [0.5, 0.6) is 17.2 Å². The van der Waals surface area contributed by atoms with Crippen molar-refractivity contribution in [2.75, 3.05) is 51.3 Å². The van der Waals surface area contributed by atoms with Gasteiger partial charge in [0, 0.05) is 38.0 Å². The van der Waals surface area contributed by atoms with Crippen molar-refractivity contribution in [1.29, 1.82) is 0 Å². The van der Waals surface area contributed by atoms with Crippen molar-refractivity contribution in [1.82, 2.24) is 9.97 Å². The Balaban J connectivity index is 1.33. The molecule has 222 valence electrons. The van der Waals surface area contributed by atoms with Crippen LogP contribution in [-0.2, 0) is 22.7 Å². The summed E-state index contributed by atoms with van der Waals surface area (Å²) in [5.74, 6) is 2.08. The van der Waals surface area contributed by atoms with Crippen LogP contribution in [0, 0.1) is 0 Å². The zero-order valence-electron chi connectivity index (χ0n) is 24.3. The number of unbranched alkanes of at least 4 members (excludes halogenated alkanes) is 1. The summed E-state index contributed by atoms with van der Waals surface area (Å²) >= 11 is 0. The molecule has 4 N–H and O–H groups in total. The highest BCUT2D eigenvalue weighted by Gasteiger charge is 2.18. The van der Waals surface area contributed by atoms with E-state index in [1.54, 1.807) is 56.8 Å². The lowest BCUT2D eigenvalue weighted by Crippen LogP contribution is -2.09. The molecule has 0 unspecified atom stereocenters. The Hall–Kier alpha value is -4.51. The van der Waals surface area contributed by atoms with Gasteiger partial charge in [-0.05, 0) is 78.9 Å². The Morgan fingerprint density at radius 1 is 0.833 bits per heavy atom. The van der Waals surface area contributed by atoms with Crippen molar-refractivity contribution in [3.8, 4) is 17.2 Å². The van der Waals surface area contributed by atoms with Gasteiger partial charge in [-0.25, -0.2) is 13.4 Å². The van der Waals surface area contributed by atoms with E-state index in [4.69, 9.17) is 25.7 Å². The molecule has 4 aromatic rings. The molecule has 0 atom stereocenters. The summed E-state index contributed by atoms with van der Waals surface area (Å²) in [4.78, 5) is 10.5. The number of rotatable bonds is 13. The van der Waals surface area contributed by atoms with Gasteiger partial charge in [0.05, 0.1) is 30.6 Å². The van der Waals surface area contributed by atoms with Gasteiger partial charge in [-0.2, -0.15) is 4.98 Å². The number of hydrogen-bond donors (Lipinski definition) is 2. The van der Waals surface area contributed by atoms with Crippen molar-refractivity contribution >= 4 is 27.3 Å². The molecule has 0 amide bonds. The zero-order chi connectivity index (χ0) is 30.3. The molecule has 0 fully saturated rings. The van der Waals surface area contributed by atoms with E-state index in [1.165, 1.54) is 0 Å². The molecule has 11 heteroatoms. The summed E-state index contributed by atoms with van der Waals surface area (Å²) in [6, 6.07) is 17.7. The second kappa shape index (κ2) is 13.4. The number of methoxy groups -OCH3 is 2. The monoisotopic (exact) mass is 591 g/mol. The number of nitrogen functional groups attached to an aromatic ring is 2. The van der Waals surface area contributed by atoms with Gasteiger partial charge in [0.2, 0.25) is 21.5 Å². The average molecular weight is 592 g/mol. The first kappa shape index (κ1) is 30.4. The molecule has 1 heterocycles. The molecule has 0 saturated carbocycles. The highest BCUT2D eigenvalue weighted by molar-refractivity contribution is 7.91. The first-order valence-electron chi connectivity index (χ1n) is 13.5. The van der Waals surface area contributed by atoms with Crippen LogP contribution in [-0.4, -0.2) is 53.3 Å². The largest absolute Gasteiger partial charge is 0.493 e.